The summed E-state index contributed by atoms with van der Waals surface area (Å²) in [4.78, 5) is 4.49. The van der Waals surface area contributed by atoms with Crippen LogP contribution in [0.4, 0.5) is 0 Å². The number of hydrogen-bond donors (Lipinski definition) is 1. The van der Waals surface area contributed by atoms with E-state index in [4.69, 9.17) is 4.52 Å². The largest absolute Gasteiger partial charge is 0.339 e. The second-order valence-corrected chi connectivity index (χ2v) is 4.54. The molecule has 84 valence electrons. The summed E-state index contributed by atoms with van der Waals surface area (Å²) >= 11 is 0. The van der Waals surface area contributed by atoms with Gasteiger partial charge in [0.1, 0.15) is 0 Å². The molecule has 1 aromatic heterocycles. The molecule has 1 aliphatic carbocycles. The zero-order valence-corrected chi connectivity index (χ0v) is 9.71. The van der Waals surface area contributed by atoms with E-state index in [0.29, 0.717) is 6.04 Å². The van der Waals surface area contributed by atoms with Crippen LogP contribution in [0, 0.1) is 0 Å². The molecule has 15 heavy (non-hydrogen) atoms. The number of aromatic nitrogens is 2. The van der Waals surface area contributed by atoms with Crippen molar-refractivity contribution < 1.29 is 4.52 Å². The van der Waals surface area contributed by atoms with Crippen molar-refractivity contribution in [2.45, 2.75) is 51.0 Å². The molecule has 1 N–H and O–H groups in total. The Kier molecular flexibility index (Phi) is 2.78. The molecule has 1 aliphatic rings. The lowest BCUT2D eigenvalue weighted by atomic mass is 10.0. The molecule has 1 atom stereocenters. The number of likely N-dealkylation sites (N-methyl/N-ethyl adjacent to an activating group) is 1. The summed E-state index contributed by atoms with van der Waals surface area (Å²) in [7, 11) is 1.94. The van der Waals surface area contributed by atoms with Gasteiger partial charge in [-0.2, -0.15) is 4.98 Å². The van der Waals surface area contributed by atoms with Crippen LogP contribution in [0.15, 0.2) is 4.52 Å². The topological polar surface area (TPSA) is 51.0 Å². The maximum Gasteiger partial charge on any atom is 0.232 e. The van der Waals surface area contributed by atoms with Gasteiger partial charge in [-0.25, -0.2) is 0 Å². The summed E-state index contributed by atoms with van der Waals surface area (Å²) in [5.41, 5.74) is 0.230. The Balaban J connectivity index is 2.04. The fourth-order valence-electron chi connectivity index (χ4n) is 1.80. The van der Waals surface area contributed by atoms with Crippen molar-refractivity contribution in [3.05, 3.63) is 11.7 Å². The van der Waals surface area contributed by atoms with E-state index in [9.17, 15) is 0 Å². The molecule has 4 nitrogen and oxygen atoms in total. The number of nitrogens with one attached hydrogen (secondary N) is 1. The Labute approximate surface area is 90.4 Å². The second kappa shape index (κ2) is 3.93. The third-order valence-corrected chi connectivity index (χ3v) is 3.43. The van der Waals surface area contributed by atoms with E-state index in [1.54, 1.807) is 0 Å². The maximum absolute atomic E-state index is 5.34. The van der Waals surface area contributed by atoms with Crippen LogP contribution in [0.5, 0.6) is 0 Å². The van der Waals surface area contributed by atoms with Gasteiger partial charge in [-0.05, 0) is 33.2 Å². The molecule has 0 spiro atoms. The highest BCUT2D eigenvalue weighted by molar-refractivity contribution is 5.14. The highest BCUT2D eigenvalue weighted by Crippen LogP contribution is 2.49. The van der Waals surface area contributed by atoms with Gasteiger partial charge >= 0.3 is 0 Å². The van der Waals surface area contributed by atoms with Crippen molar-refractivity contribution >= 4 is 0 Å². The van der Waals surface area contributed by atoms with Crippen molar-refractivity contribution in [2.24, 2.45) is 0 Å². The molecular weight excluding hydrogens is 190 g/mol. The highest BCUT2D eigenvalue weighted by atomic mass is 16.5. The summed E-state index contributed by atoms with van der Waals surface area (Å²) in [6, 6.07) is 0.396. The van der Waals surface area contributed by atoms with Crippen LogP contribution in [0.25, 0.3) is 0 Å². The molecule has 1 saturated carbocycles. The molecule has 1 heterocycles. The fourth-order valence-corrected chi connectivity index (χ4v) is 1.80. The average Bonchev–Trinajstić information content (AvgIpc) is 2.93. The first kappa shape index (κ1) is 10.6. The van der Waals surface area contributed by atoms with E-state index in [1.807, 2.05) is 7.05 Å². The van der Waals surface area contributed by atoms with Gasteiger partial charge in [0.15, 0.2) is 5.82 Å². The molecule has 0 amide bonds. The van der Waals surface area contributed by atoms with Gasteiger partial charge in [-0.15, -0.1) is 0 Å². The van der Waals surface area contributed by atoms with Crippen molar-refractivity contribution in [1.82, 2.24) is 15.5 Å². The summed E-state index contributed by atoms with van der Waals surface area (Å²) in [6.45, 7) is 4.30. The zero-order valence-electron chi connectivity index (χ0n) is 9.71. The first-order valence-corrected chi connectivity index (χ1v) is 5.70. The Hall–Kier alpha value is -0.900. The van der Waals surface area contributed by atoms with Crippen LogP contribution in [0.1, 0.15) is 44.8 Å². The first-order chi connectivity index (χ1) is 7.20. The minimum absolute atomic E-state index is 0.230. The van der Waals surface area contributed by atoms with Crippen molar-refractivity contribution in [3.8, 4) is 0 Å². The Morgan fingerprint density at radius 1 is 1.53 bits per heavy atom. The Morgan fingerprint density at radius 3 is 2.80 bits per heavy atom. The van der Waals surface area contributed by atoms with E-state index in [0.717, 1.165) is 24.6 Å². The van der Waals surface area contributed by atoms with Gasteiger partial charge in [0.2, 0.25) is 5.89 Å². The first-order valence-electron chi connectivity index (χ1n) is 5.70. The Morgan fingerprint density at radius 2 is 2.27 bits per heavy atom. The molecule has 0 saturated heterocycles. The van der Waals surface area contributed by atoms with Gasteiger partial charge in [0.05, 0.1) is 0 Å². The number of nitrogens with zero attached hydrogens (tertiary/aromatic N) is 2. The molecule has 4 heteroatoms. The van der Waals surface area contributed by atoms with Crippen molar-refractivity contribution in [1.29, 1.82) is 0 Å². The van der Waals surface area contributed by atoms with Crippen LogP contribution < -0.4 is 5.32 Å². The SMILES string of the molecule is CCC1(c2nc(CC(C)NC)no2)CC1. The van der Waals surface area contributed by atoms with Crippen molar-refractivity contribution in [2.75, 3.05) is 7.05 Å². The van der Waals surface area contributed by atoms with E-state index in [1.165, 1.54) is 12.8 Å². The van der Waals surface area contributed by atoms with Gasteiger partial charge in [0, 0.05) is 17.9 Å². The third kappa shape index (κ3) is 2.04. The smallest absolute Gasteiger partial charge is 0.232 e. The molecule has 1 unspecified atom stereocenters. The summed E-state index contributed by atoms with van der Waals surface area (Å²) in [5.74, 6) is 1.68. The fraction of sp³-hybridized carbons (Fsp3) is 0.818. The quantitative estimate of drug-likeness (QED) is 0.801. The minimum Gasteiger partial charge on any atom is -0.339 e. The summed E-state index contributed by atoms with van der Waals surface area (Å²) in [5, 5.41) is 7.20. The highest BCUT2D eigenvalue weighted by Gasteiger charge is 2.47. The van der Waals surface area contributed by atoms with Crippen LogP contribution in [-0.4, -0.2) is 23.2 Å². The lowest BCUT2D eigenvalue weighted by Crippen LogP contribution is -2.24. The van der Waals surface area contributed by atoms with Gasteiger partial charge in [-0.3, -0.25) is 0 Å². The molecule has 0 aromatic carbocycles. The van der Waals surface area contributed by atoms with E-state index in [-0.39, 0.29) is 5.41 Å². The van der Waals surface area contributed by atoms with Crippen molar-refractivity contribution in [3.63, 3.8) is 0 Å². The normalized spacial score (nSPS) is 20.2. The molecular formula is C11H19N3O. The minimum atomic E-state index is 0.230. The van der Waals surface area contributed by atoms with Crippen LogP contribution >= 0.6 is 0 Å². The monoisotopic (exact) mass is 209 g/mol. The average molecular weight is 209 g/mol. The third-order valence-electron chi connectivity index (χ3n) is 3.43. The molecule has 0 aliphatic heterocycles. The van der Waals surface area contributed by atoms with Gasteiger partial charge < -0.3 is 9.84 Å². The summed E-state index contributed by atoms with van der Waals surface area (Å²) in [6.07, 6.45) is 4.34. The number of hydrogen-bond acceptors (Lipinski definition) is 4. The molecule has 0 radical (unpaired) electrons. The van der Waals surface area contributed by atoms with Gasteiger partial charge in [0.25, 0.3) is 0 Å². The van der Waals surface area contributed by atoms with Gasteiger partial charge in [-0.1, -0.05) is 12.1 Å². The lowest BCUT2D eigenvalue weighted by Gasteiger charge is -2.05. The lowest BCUT2D eigenvalue weighted by molar-refractivity contribution is 0.337. The second-order valence-electron chi connectivity index (χ2n) is 4.54. The van der Waals surface area contributed by atoms with Crippen LogP contribution in [0.2, 0.25) is 0 Å². The Bertz CT molecular complexity index is 330. The zero-order chi connectivity index (χ0) is 10.9. The van der Waals surface area contributed by atoms with E-state index in [2.05, 4.69) is 29.3 Å². The predicted octanol–water partition coefficient (Wildman–Crippen LogP) is 1.66. The molecule has 2 rings (SSSR count). The molecule has 0 bridgehead atoms. The predicted molar refractivity (Wildman–Crippen MR) is 57.7 cm³/mol. The summed E-state index contributed by atoms with van der Waals surface area (Å²) < 4.78 is 5.34. The molecule has 1 fully saturated rings. The van der Waals surface area contributed by atoms with E-state index >= 15 is 0 Å². The number of rotatable bonds is 5. The molecule has 1 aromatic rings. The van der Waals surface area contributed by atoms with Crippen LogP contribution in [-0.2, 0) is 11.8 Å². The standard InChI is InChI=1S/C11H19N3O/c1-4-11(5-6-11)10-13-9(14-15-10)7-8(2)12-3/h8,12H,4-7H2,1-3H3. The van der Waals surface area contributed by atoms with E-state index < -0.39 is 0 Å². The maximum atomic E-state index is 5.34. The van der Waals surface area contributed by atoms with Crippen LogP contribution in [0.3, 0.4) is 0 Å².